The Bertz CT molecular complexity index is 999. The van der Waals surface area contributed by atoms with Crippen LogP contribution in [0.4, 0.5) is 5.69 Å². The molecule has 166 valence electrons. The smallest absolute Gasteiger partial charge is 0.241 e. The standard InChI is InChI=1S/C24H27N5O2S/c1-2-32-24-26-14-18(15-27-24)17-29-13-7-6-10-21(29)23(30)28-19-11-12-22(25-16-19)31-20-8-4-3-5-9-20/h3-5,8-9,11-12,14-16,21H,2,6-7,10,13,17H2,1H3,(H,28,30). The van der Waals surface area contributed by atoms with Gasteiger partial charge in [0, 0.05) is 30.6 Å². The van der Waals surface area contributed by atoms with E-state index >= 15 is 0 Å². The van der Waals surface area contributed by atoms with E-state index < -0.39 is 0 Å². The Morgan fingerprint density at radius 3 is 2.62 bits per heavy atom. The van der Waals surface area contributed by atoms with Crippen molar-refractivity contribution < 1.29 is 9.53 Å². The maximum Gasteiger partial charge on any atom is 0.241 e. The van der Waals surface area contributed by atoms with Crippen LogP contribution in [0.1, 0.15) is 31.7 Å². The number of thioether (sulfide) groups is 1. The number of ether oxygens (including phenoxy) is 1. The highest BCUT2D eigenvalue weighted by Gasteiger charge is 2.29. The van der Waals surface area contributed by atoms with Gasteiger partial charge < -0.3 is 10.1 Å². The number of amides is 1. The number of hydrogen-bond donors (Lipinski definition) is 1. The van der Waals surface area contributed by atoms with Crippen LogP contribution in [-0.4, -0.2) is 44.1 Å². The normalized spacial score (nSPS) is 16.5. The van der Waals surface area contributed by atoms with Gasteiger partial charge in [0.2, 0.25) is 11.8 Å². The predicted molar refractivity (Wildman–Crippen MR) is 126 cm³/mol. The molecule has 1 aliphatic rings. The van der Waals surface area contributed by atoms with Crippen LogP contribution < -0.4 is 10.1 Å². The molecule has 8 heteroatoms. The number of nitrogens with one attached hydrogen (secondary N) is 1. The second-order valence-electron chi connectivity index (χ2n) is 7.58. The lowest BCUT2D eigenvalue weighted by molar-refractivity contribution is -0.122. The van der Waals surface area contributed by atoms with Crippen molar-refractivity contribution in [2.24, 2.45) is 0 Å². The van der Waals surface area contributed by atoms with Gasteiger partial charge in [-0.1, -0.05) is 43.3 Å². The van der Waals surface area contributed by atoms with E-state index in [4.69, 9.17) is 4.74 Å². The molecule has 1 aliphatic heterocycles. The molecule has 0 saturated carbocycles. The van der Waals surface area contributed by atoms with Crippen LogP contribution in [0.15, 0.2) is 66.2 Å². The minimum atomic E-state index is -0.186. The molecule has 0 aliphatic carbocycles. The molecule has 0 radical (unpaired) electrons. The summed E-state index contributed by atoms with van der Waals surface area (Å²) in [4.78, 5) is 28.4. The third kappa shape index (κ3) is 6.05. The molecule has 1 amide bonds. The van der Waals surface area contributed by atoms with Crippen LogP contribution in [-0.2, 0) is 11.3 Å². The van der Waals surface area contributed by atoms with E-state index in [0.29, 0.717) is 18.1 Å². The van der Waals surface area contributed by atoms with Gasteiger partial charge in [-0.25, -0.2) is 15.0 Å². The largest absolute Gasteiger partial charge is 0.439 e. The fourth-order valence-corrected chi connectivity index (χ4v) is 4.20. The van der Waals surface area contributed by atoms with Crippen LogP contribution >= 0.6 is 11.8 Å². The van der Waals surface area contributed by atoms with Gasteiger partial charge in [0.15, 0.2) is 5.16 Å². The first kappa shape index (κ1) is 22.2. The Labute approximate surface area is 192 Å². The summed E-state index contributed by atoms with van der Waals surface area (Å²) >= 11 is 1.62. The van der Waals surface area contributed by atoms with Gasteiger partial charge in [-0.15, -0.1) is 0 Å². The van der Waals surface area contributed by atoms with Crippen molar-refractivity contribution in [3.8, 4) is 11.6 Å². The zero-order valence-corrected chi connectivity index (χ0v) is 18.9. The van der Waals surface area contributed by atoms with Crippen molar-refractivity contribution in [3.05, 3.63) is 66.6 Å². The number of anilines is 1. The molecule has 3 heterocycles. The van der Waals surface area contributed by atoms with Crippen LogP contribution in [0.3, 0.4) is 0 Å². The Morgan fingerprint density at radius 2 is 1.91 bits per heavy atom. The van der Waals surface area contributed by atoms with Gasteiger partial charge in [-0.2, -0.15) is 0 Å². The van der Waals surface area contributed by atoms with Crippen molar-refractivity contribution in [3.63, 3.8) is 0 Å². The molecule has 2 aromatic heterocycles. The maximum absolute atomic E-state index is 13.0. The van der Waals surface area contributed by atoms with E-state index in [9.17, 15) is 4.79 Å². The molecule has 1 saturated heterocycles. The summed E-state index contributed by atoms with van der Waals surface area (Å²) in [6, 6.07) is 12.9. The number of para-hydroxylation sites is 1. The lowest BCUT2D eigenvalue weighted by Crippen LogP contribution is -2.46. The van der Waals surface area contributed by atoms with E-state index in [1.54, 1.807) is 24.0 Å². The fourth-order valence-electron chi connectivity index (χ4n) is 3.69. The minimum absolute atomic E-state index is 0.0118. The Balaban J connectivity index is 1.36. The third-order valence-electron chi connectivity index (χ3n) is 5.23. The highest BCUT2D eigenvalue weighted by atomic mass is 32.2. The number of pyridine rings is 1. The molecule has 4 rings (SSSR count). The predicted octanol–water partition coefficient (Wildman–Crippen LogP) is 4.77. The Hall–Kier alpha value is -2.97. The fraction of sp³-hybridized carbons (Fsp3) is 0.333. The average molecular weight is 450 g/mol. The van der Waals surface area contributed by atoms with E-state index in [0.717, 1.165) is 48.0 Å². The van der Waals surface area contributed by atoms with Crippen molar-refractivity contribution in [2.45, 2.75) is 43.9 Å². The number of benzene rings is 1. The number of nitrogens with zero attached hydrogens (tertiary/aromatic N) is 4. The van der Waals surface area contributed by atoms with Crippen molar-refractivity contribution in [1.29, 1.82) is 0 Å². The first-order valence-corrected chi connectivity index (χ1v) is 11.9. The molecular formula is C24H27N5O2S. The molecule has 1 fully saturated rings. The highest BCUT2D eigenvalue weighted by Crippen LogP contribution is 2.23. The van der Waals surface area contributed by atoms with E-state index in [1.165, 1.54) is 0 Å². The summed E-state index contributed by atoms with van der Waals surface area (Å²) in [5, 5.41) is 3.80. The summed E-state index contributed by atoms with van der Waals surface area (Å²) < 4.78 is 5.72. The van der Waals surface area contributed by atoms with Gasteiger partial charge >= 0.3 is 0 Å². The molecule has 32 heavy (non-hydrogen) atoms. The number of hydrogen-bond acceptors (Lipinski definition) is 7. The molecular weight excluding hydrogens is 422 g/mol. The summed E-state index contributed by atoms with van der Waals surface area (Å²) in [5.74, 6) is 2.14. The Morgan fingerprint density at radius 1 is 1.09 bits per heavy atom. The van der Waals surface area contributed by atoms with E-state index in [1.807, 2.05) is 48.8 Å². The van der Waals surface area contributed by atoms with Crippen molar-refractivity contribution >= 4 is 23.4 Å². The molecule has 1 atom stereocenters. The lowest BCUT2D eigenvalue weighted by atomic mass is 10.0. The zero-order valence-electron chi connectivity index (χ0n) is 18.1. The lowest BCUT2D eigenvalue weighted by Gasteiger charge is -2.34. The summed E-state index contributed by atoms with van der Waals surface area (Å²) in [5.41, 5.74) is 1.68. The summed E-state index contributed by atoms with van der Waals surface area (Å²) in [7, 11) is 0. The summed E-state index contributed by atoms with van der Waals surface area (Å²) in [6.45, 7) is 3.63. The third-order valence-corrected chi connectivity index (χ3v) is 5.98. The topological polar surface area (TPSA) is 80.2 Å². The number of aromatic nitrogens is 3. The van der Waals surface area contributed by atoms with Gasteiger partial charge in [-0.3, -0.25) is 9.69 Å². The SMILES string of the molecule is CCSc1ncc(CN2CCCCC2C(=O)Nc2ccc(Oc3ccccc3)nc2)cn1. The second-order valence-corrected chi connectivity index (χ2v) is 8.81. The highest BCUT2D eigenvalue weighted by molar-refractivity contribution is 7.99. The minimum Gasteiger partial charge on any atom is -0.439 e. The first-order chi connectivity index (χ1) is 15.7. The molecule has 7 nitrogen and oxygen atoms in total. The molecule has 0 spiro atoms. The number of carbonyl (C=O) groups excluding carboxylic acids is 1. The molecule has 1 unspecified atom stereocenters. The van der Waals surface area contributed by atoms with Crippen molar-refractivity contribution in [2.75, 3.05) is 17.6 Å². The number of likely N-dealkylation sites (tertiary alicyclic amines) is 1. The van der Waals surface area contributed by atoms with Crippen molar-refractivity contribution in [1.82, 2.24) is 19.9 Å². The zero-order chi connectivity index (χ0) is 22.2. The molecule has 1 N–H and O–H groups in total. The van der Waals surface area contributed by atoms with Gasteiger partial charge in [0.05, 0.1) is 17.9 Å². The quantitative estimate of drug-likeness (QED) is 0.392. The maximum atomic E-state index is 13.0. The average Bonchev–Trinajstić information content (AvgIpc) is 2.83. The number of rotatable bonds is 8. The Kier molecular flexibility index (Phi) is 7.68. The molecule has 0 bridgehead atoms. The van der Waals surface area contributed by atoms with Crippen LogP contribution in [0.2, 0.25) is 0 Å². The monoisotopic (exact) mass is 449 g/mol. The van der Waals surface area contributed by atoms with Gasteiger partial charge in [0.1, 0.15) is 5.75 Å². The van der Waals surface area contributed by atoms with Gasteiger partial charge in [-0.05, 0) is 43.3 Å². The second kappa shape index (κ2) is 11.1. The van der Waals surface area contributed by atoms with E-state index in [2.05, 4.69) is 32.1 Å². The molecule has 3 aromatic rings. The number of piperidine rings is 1. The van der Waals surface area contributed by atoms with Gasteiger partial charge in [0.25, 0.3) is 0 Å². The first-order valence-electron chi connectivity index (χ1n) is 10.9. The van der Waals surface area contributed by atoms with E-state index in [-0.39, 0.29) is 11.9 Å². The van der Waals surface area contributed by atoms with Crippen LogP contribution in [0.5, 0.6) is 11.6 Å². The number of carbonyl (C=O) groups is 1. The molecule has 1 aromatic carbocycles. The van der Waals surface area contributed by atoms with Crippen LogP contribution in [0, 0.1) is 0 Å². The van der Waals surface area contributed by atoms with Crippen LogP contribution in [0.25, 0.3) is 0 Å². The summed E-state index contributed by atoms with van der Waals surface area (Å²) in [6.07, 6.45) is 8.31.